The molecule has 0 aliphatic heterocycles. The molecule has 0 spiro atoms. The smallest absolute Gasteiger partial charge is 0.0645 e. The van der Waals surface area contributed by atoms with Crippen molar-refractivity contribution in [2.45, 2.75) is 0 Å². The van der Waals surface area contributed by atoms with E-state index in [1.807, 2.05) is 164 Å². The second kappa shape index (κ2) is 14.0. The highest BCUT2D eigenvalue weighted by Crippen LogP contribution is 2.41. The van der Waals surface area contributed by atoms with E-state index in [0.717, 1.165) is 54.6 Å². The van der Waals surface area contributed by atoms with E-state index < -0.39 is 12.1 Å². The van der Waals surface area contributed by atoms with Crippen molar-refractivity contribution in [3.05, 3.63) is 224 Å². The SMILES string of the molecule is [2H]c1c([2H])c(N(c2ccc3ccccc3c2)c2c([2H])c([2H])c(-c3cc4ccccc4c4ccccc34)c([2H])c2[2H])c([2H])c([2H])c1-c1ccc(-c2ccccc2)c(-c2ccccc2)c1. The minimum atomic E-state index is -0.394. The minimum Gasteiger partial charge on any atom is -0.310 e. The van der Waals surface area contributed by atoms with Crippen LogP contribution in [0.3, 0.4) is 0 Å². The summed E-state index contributed by atoms with van der Waals surface area (Å²) in [5.74, 6) is 0. The predicted molar refractivity (Wildman–Crippen MR) is 235 cm³/mol. The first-order valence-corrected chi connectivity index (χ1v) is 18.3. The highest BCUT2D eigenvalue weighted by Gasteiger charge is 2.16. The van der Waals surface area contributed by atoms with Gasteiger partial charge in [-0.3, -0.25) is 0 Å². The second-order valence-corrected chi connectivity index (χ2v) is 13.5. The molecule has 0 N–H and O–H groups in total. The summed E-state index contributed by atoms with van der Waals surface area (Å²) < 4.78 is 76.9. The normalized spacial score (nSPS) is 13.3. The molecule has 1 heteroatoms. The molecule has 0 aromatic heterocycles. The molecule has 10 aromatic rings. The number of anilines is 3. The molecular formula is C54H37N. The molecule has 10 aromatic carbocycles. The van der Waals surface area contributed by atoms with Crippen LogP contribution >= 0.6 is 0 Å². The molecule has 0 aliphatic carbocycles. The van der Waals surface area contributed by atoms with E-state index in [0.29, 0.717) is 16.8 Å². The van der Waals surface area contributed by atoms with Crippen molar-refractivity contribution < 1.29 is 11.0 Å². The van der Waals surface area contributed by atoms with Crippen LogP contribution in [0.4, 0.5) is 17.1 Å². The molecule has 10 rings (SSSR count). The lowest BCUT2D eigenvalue weighted by atomic mass is 9.91. The molecular weight excluding hydrogens is 663 g/mol. The number of hydrogen-bond donors (Lipinski definition) is 0. The molecule has 0 bridgehead atoms. The number of fused-ring (bicyclic) bond motifs is 4. The van der Waals surface area contributed by atoms with Gasteiger partial charge in [0.1, 0.15) is 0 Å². The summed E-state index contributed by atoms with van der Waals surface area (Å²) in [5, 5.41) is 5.29. The lowest BCUT2D eigenvalue weighted by molar-refractivity contribution is 1.29. The first-order chi connectivity index (χ1) is 30.6. The van der Waals surface area contributed by atoms with Crippen LogP contribution < -0.4 is 4.90 Å². The first kappa shape index (κ1) is 24.9. The molecule has 0 atom stereocenters. The van der Waals surface area contributed by atoms with Gasteiger partial charge in [-0.2, -0.15) is 0 Å². The van der Waals surface area contributed by atoms with Crippen LogP contribution in [-0.4, -0.2) is 0 Å². The summed E-state index contributed by atoms with van der Waals surface area (Å²) in [6, 6.07) is 53.2. The van der Waals surface area contributed by atoms with Gasteiger partial charge in [0.05, 0.1) is 11.0 Å². The second-order valence-electron chi connectivity index (χ2n) is 13.5. The molecule has 0 radical (unpaired) electrons. The standard InChI is InChI=1S/C54H37N/c1-3-14-40(15-4-1)50-34-28-44(36-53(50)41-16-5-2-6-17-41)39-23-29-46(30-24-39)55(48-33-25-38-13-7-8-18-43(38)35-48)47-31-26-42(27-32-47)54-37-45-19-9-10-20-49(45)51-21-11-12-22-52(51)54/h1-37H/i23D,24D,26D,27D,29D,30D,31D,32D. The van der Waals surface area contributed by atoms with Gasteiger partial charge in [-0.15, -0.1) is 0 Å². The summed E-state index contributed by atoms with van der Waals surface area (Å²) in [7, 11) is 0. The quantitative estimate of drug-likeness (QED) is 0.149. The molecule has 0 unspecified atom stereocenters. The van der Waals surface area contributed by atoms with Gasteiger partial charge < -0.3 is 4.90 Å². The Bertz CT molecular complexity index is 3380. The Hall–Kier alpha value is -7.22. The van der Waals surface area contributed by atoms with Crippen molar-refractivity contribution in [2.24, 2.45) is 0 Å². The number of benzene rings is 10. The van der Waals surface area contributed by atoms with E-state index in [-0.39, 0.29) is 58.8 Å². The van der Waals surface area contributed by atoms with Crippen LogP contribution in [0, 0.1) is 0 Å². The van der Waals surface area contributed by atoms with E-state index in [2.05, 4.69) is 0 Å². The maximum absolute atomic E-state index is 9.66. The van der Waals surface area contributed by atoms with Crippen LogP contribution in [0.25, 0.3) is 76.8 Å². The largest absolute Gasteiger partial charge is 0.310 e. The summed E-state index contributed by atoms with van der Waals surface area (Å²) >= 11 is 0. The average Bonchev–Trinajstić information content (AvgIpc) is 3.33. The average molecular weight is 708 g/mol. The Kier molecular flexibility index (Phi) is 6.33. The lowest BCUT2D eigenvalue weighted by Gasteiger charge is -2.26. The van der Waals surface area contributed by atoms with Crippen molar-refractivity contribution >= 4 is 49.4 Å². The Morgan fingerprint density at radius 1 is 0.273 bits per heavy atom. The molecule has 0 aliphatic rings. The Morgan fingerprint density at radius 2 is 0.818 bits per heavy atom. The summed E-state index contributed by atoms with van der Waals surface area (Å²) in [5.41, 5.74) is 4.95. The fraction of sp³-hybridized carbons (Fsp3) is 0. The van der Waals surface area contributed by atoms with E-state index in [4.69, 9.17) is 0 Å². The van der Waals surface area contributed by atoms with E-state index >= 15 is 0 Å². The third-order valence-electron chi connectivity index (χ3n) is 10.2. The van der Waals surface area contributed by atoms with Crippen LogP contribution in [-0.2, 0) is 0 Å². The molecule has 0 saturated carbocycles. The fourth-order valence-electron chi connectivity index (χ4n) is 7.49. The summed E-state index contributed by atoms with van der Waals surface area (Å²) in [6.07, 6.45) is 0. The zero-order valence-corrected chi connectivity index (χ0v) is 29.7. The maximum Gasteiger partial charge on any atom is 0.0645 e. The number of nitrogens with zero attached hydrogens (tertiary/aromatic N) is 1. The molecule has 55 heavy (non-hydrogen) atoms. The minimum absolute atomic E-state index is 0.0992. The van der Waals surface area contributed by atoms with Gasteiger partial charge in [-0.1, -0.05) is 176 Å². The number of rotatable bonds is 7. The van der Waals surface area contributed by atoms with Crippen LogP contribution in [0.15, 0.2) is 224 Å². The highest BCUT2D eigenvalue weighted by atomic mass is 15.1. The number of hydrogen-bond acceptors (Lipinski definition) is 1. The van der Waals surface area contributed by atoms with Gasteiger partial charge >= 0.3 is 0 Å². The van der Waals surface area contributed by atoms with Gasteiger partial charge in [0.15, 0.2) is 0 Å². The van der Waals surface area contributed by atoms with Gasteiger partial charge in [-0.25, -0.2) is 0 Å². The molecule has 0 saturated heterocycles. The van der Waals surface area contributed by atoms with Gasteiger partial charge in [0.25, 0.3) is 0 Å². The molecule has 0 amide bonds. The van der Waals surface area contributed by atoms with E-state index in [1.165, 1.54) is 4.90 Å². The van der Waals surface area contributed by atoms with E-state index in [9.17, 15) is 11.0 Å². The zero-order valence-electron chi connectivity index (χ0n) is 37.7. The molecule has 258 valence electrons. The predicted octanol–water partition coefficient (Wildman–Crippen LogP) is 15.3. The van der Waals surface area contributed by atoms with Crippen molar-refractivity contribution in [3.63, 3.8) is 0 Å². The maximum atomic E-state index is 9.66. The molecule has 0 fully saturated rings. The lowest BCUT2D eigenvalue weighted by Crippen LogP contribution is -2.09. The summed E-state index contributed by atoms with van der Waals surface area (Å²) in [6.45, 7) is 0. The van der Waals surface area contributed by atoms with Crippen molar-refractivity contribution in [1.29, 1.82) is 0 Å². The fourth-order valence-corrected chi connectivity index (χ4v) is 7.49. The van der Waals surface area contributed by atoms with Crippen LogP contribution in [0.5, 0.6) is 0 Å². The van der Waals surface area contributed by atoms with Crippen LogP contribution in [0.2, 0.25) is 0 Å². The Balaban J connectivity index is 1.21. The van der Waals surface area contributed by atoms with Crippen molar-refractivity contribution in [3.8, 4) is 44.5 Å². The van der Waals surface area contributed by atoms with Crippen molar-refractivity contribution in [2.75, 3.05) is 4.90 Å². The first-order valence-electron chi connectivity index (χ1n) is 22.3. The summed E-state index contributed by atoms with van der Waals surface area (Å²) in [4.78, 5) is 1.37. The van der Waals surface area contributed by atoms with E-state index in [1.54, 1.807) is 12.1 Å². The third-order valence-corrected chi connectivity index (χ3v) is 10.2. The van der Waals surface area contributed by atoms with Gasteiger partial charge in [0, 0.05) is 17.1 Å². The van der Waals surface area contributed by atoms with Gasteiger partial charge in [-0.05, 0) is 125 Å². The van der Waals surface area contributed by atoms with Crippen molar-refractivity contribution in [1.82, 2.24) is 0 Å². The molecule has 0 heterocycles. The van der Waals surface area contributed by atoms with Crippen LogP contribution in [0.1, 0.15) is 11.0 Å². The highest BCUT2D eigenvalue weighted by molar-refractivity contribution is 6.13. The van der Waals surface area contributed by atoms with Gasteiger partial charge in [0.2, 0.25) is 0 Å². The monoisotopic (exact) mass is 707 g/mol. The Morgan fingerprint density at radius 3 is 1.51 bits per heavy atom. The zero-order chi connectivity index (χ0) is 43.5. The molecule has 1 nitrogen and oxygen atoms in total. The topological polar surface area (TPSA) is 3.24 Å². The Labute approximate surface area is 333 Å². The third kappa shape index (κ3) is 6.12.